The quantitative estimate of drug-likeness (QED) is 0.603. The number of hydrogen-bond donors (Lipinski definition) is 3. The monoisotopic (exact) mass is 394 g/mol. The molecule has 0 spiro atoms. The van der Waals surface area contributed by atoms with Crippen molar-refractivity contribution in [2.45, 2.75) is 64.6 Å². The number of fused-ring (bicyclic) bond motifs is 2. The highest BCUT2D eigenvalue weighted by atomic mass is 16.6. The van der Waals surface area contributed by atoms with Crippen molar-refractivity contribution >= 4 is 11.6 Å². The average Bonchev–Trinajstić information content (AvgIpc) is 2.62. The van der Waals surface area contributed by atoms with Crippen molar-refractivity contribution in [2.24, 2.45) is 34.5 Å². The van der Waals surface area contributed by atoms with E-state index >= 15 is 0 Å². The maximum Gasteiger partial charge on any atom is 0.203 e. The predicted octanol–water partition coefficient (Wildman–Crippen LogP) is 0.802. The summed E-state index contributed by atoms with van der Waals surface area (Å²) < 4.78 is 11.2. The van der Waals surface area contributed by atoms with Gasteiger partial charge >= 0.3 is 0 Å². The van der Waals surface area contributed by atoms with Gasteiger partial charge in [-0.25, -0.2) is 0 Å². The summed E-state index contributed by atoms with van der Waals surface area (Å²) in [6, 6.07) is 0. The van der Waals surface area contributed by atoms with Crippen LogP contribution in [0.4, 0.5) is 0 Å². The fourth-order valence-corrected chi connectivity index (χ4v) is 7.13. The molecule has 4 rings (SSSR count). The smallest absolute Gasteiger partial charge is 0.203 e. The summed E-state index contributed by atoms with van der Waals surface area (Å²) in [5.74, 6) is -2.22. The maximum atomic E-state index is 13.5. The normalized spacial score (nSPS) is 55.9. The molecule has 156 valence electrons. The first kappa shape index (κ1) is 20.0. The summed E-state index contributed by atoms with van der Waals surface area (Å²) in [6.45, 7) is 7.08. The van der Waals surface area contributed by atoms with Gasteiger partial charge in [-0.15, -0.1) is 0 Å². The Kier molecular flexibility index (Phi) is 4.20. The minimum atomic E-state index is -1.71. The second-order valence-electron chi connectivity index (χ2n) is 9.75. The fourth-order valence-electron chi connectivity index (χ4n) is 7.13. The summed E-state index contributed by atoms with van der Waals surface area (Å²) in [7, 11) is 1.44. The predicted molar refractivity (Wildman–Crippen MR) is 97.7 cm³/mol. The number of allylic oxidation sites excluding steroid dienone is 2. The number of hydrogen-bond acceptors (Lipinski definition) is 7. The molecule has 7 heteroatoms. The zero-order valence-electron chi connectivity index (χ0n) is 17.0. The van der Waals surface area contributed by atoms with E-state index in [0.717, 1.165) is 0 Å². The maximum absolute atomic E-state index is 13.5. The van der Waals surface area contributed by atoms with Gasteiger partial charge in [-0.05, 0) is 31.3 Å². The molecule has 3 N–H and O–H groups in total. The molecule has 0 amide bonds. The Morgan fingerprint density at radius 3 is 2.43 bits per heavy atom. The molecule has 0 aromatic carbocycles. The van der Waals surface area contributed by atoms with Gasteiger partial charge in [0.05, 0.1) is 18.8 Å². The van der Waals surface area contributed by atoms with Gasteiger partial charge in [0.1, 0.15) is 6.10 Å². The van der Waals surface area contributed by atoms with Crippen LogP contribution in [0, 0.1) is 34.5 Å². The van der Waals surface area contributed by atoms with Crippen LogP contribution in [0.2, 0.25) is 0 Å². The lowest BCUT2D eigenvalue weighted by Crippen LogP contribution is -2.76. The molecule has 10 atom stereocenters. The third kappa shape index (κ3) is 2.13. The van der Waals surface area contributed by atoms with Crippen molar-refractivity contribution in [1.29, 1.82) is 0 Å². The van der Waals surface area contributed by atoms with E-state index in [-0.39, 0.29) is 29.8 Å². The first-order valence-corrected chi connectivity index (χ1v) is 10.00. The Morgan fingerprint density at radius 2 is 1.82 bits per heavy atom. The Balaban J connectivity index is 1.95. The highest BCUT2D eigenvalue weighted by molar-refractivity contribution is 6.04. The van der Waals surface area contributed by atoms with Gasteiger partial charge in [0.15, 0.2) is 17.8 Å². The molecule has 1 saturated heterocycles. The molecule has 1 aliphatic heterocycles. The van der Waals surface area contributed by atoms with E-state index in [9.17, 15) is 24.9 Å². The van der Waals surface area contributed by atoms with Crippen molar-refractivity contribution in [3.8, 4) is 0 Å². The molecule has 3 fully saturated rings. The molecule has 7 nitrogen and oxygen atoms in total. The van der Waals surface area contributed by atoms with Crippen molar-refractivity contribution in [3.05, 3.63) is 11.8 Å². The van der Waals surface area contributed by atoms with E-state index in [1.165, 1.54) is 14.0 Å². The SMILES string of the molecule is COC1=CC(C)C2C[C@H]3O[C@H](O)C[C@H]4[C@](C)(O)[C@H](O)C(=O)C([C@@]2(C)C1=O)[C@@]34C. The largest absolute Gasteiger partial charge is 0.493 e. The number of ether oxygens (including phenoxy) is 2. The Bertz CT molecular complexity index is 758. The van der Waals surface area contributed by atoms with Crippen molar-refractivity contribution in [3.63, 3.8) is 0 Å². The molecule has 0 aromatic heterocycles. The number of Topliss-reactive ketones (excluding diaryl/α,β-unsaturated/α-hetero) is 2. The van der Waals surface area contributed by atoms with Gasteiger partial charge in [-0.2, -0.15) is 0 Å². The number of carbonyl (C=O) groups excluding carboxylic acids is 2. The Hall–Kier alpha value is -1.28. The topological polar surface area (TPSA) is 113 Å². The van der Waals surface area contributed by atoms with Crippen LogP contribution in [0.15, 0.2) is 11.8 Å². The van der Waals surface area contributed by atoms with Crippen molar-refractivity contribution in [2.75, 3.05) is 7.11 Å². The molecular weight excluding hydrogens is 364 g/mol. The second kappa shape index (κ2) is 5.88. The minimum Gasteiger partial charge on any atom is -0.493 e. The van der Waals surface area contributed by atoms with E-state index in [0.29, 0.717) is 6.42 Å². The molecule has 2 saturated carbocycles. The minimum absolute atomic E-state index is 0.0456. The zero-order chi connectivity index (χ0) is 20.8. The van der Waals surface area contributed by atoms with Crippen LogP contribution in [0.1, 0.15) is 40.5 Å². The number of methoxy groups -OCH3 is 1. The Morgan fingerprint density at radius 1 is 1.18 bits per heavy atom. The van der Waals surface area contributed by atoms with Crippen molar-refractivity contribution in [1.82, 2.24) is 0 Å². The molecular formula is C21H30O7. The van der Waals surface area contributed by atoms with Gasteiger partial charge in [-0.3, -0.25) is 9.59 Å². The van der Waals surface area contributed by atoms with E-state index in [1.54, 1.807) is 13.0 Å². The molecule has 3 unspecified atom stereocenters. The zero-order valence-corrected chi connectivity index (χ0v) is 17.0. The molecule has 1 heterocycles. The van der Waals surface area contributed by atoms with E-state index in [2.05, 4.69) is 0 Å². The highest BCUT2D eigenvalue weighted by Gasteiger charge is 2.75. The third-order valence-electron chi connectivity index (χ3n) is 8.46. The average molecular weight is 394 g/mol. The van der Waals surface area contributed by atoms with E-state index < -0.39 is 52.5 Å². The van der Waals surface area contributed by atoms with Gasteiger partial charge in [0.2, 0.25) is 5.78 Å². The number of carbonyl (C=O) groups is 2. The second-order valence-corrected chi connectivity index (χ2v) is 9.75. The van der Waals surface area contributed by atoms with Gasteiger partial charge in [0, 0.05) is 29.1 Å². The summed E-state index contributed by atoms with van der Waals surface area (Å²) in [5.41, 5.74) is -3.68. The van der Waals surface area contributed by atoms with Crippen LogP contribution < -0.4 is 0 Å². The number of rotatable bonds is 1. The van der Waals surface area contributed by atoms with Crippen LogP contribution in [0.5, 0.6) is 0 Å². The molecule has 0 bridgehead atoms. The standard InChI is InChI=1S/C21H30O7/c1-9-6-11(27-5)17(24)19(2)10(9)7-13-20(3)12(8-14(22)28-13)21(4,26)18(25)15(23)16(19)20/h6,9-10,12-14,16,18,22,25-26H,7-8H2,1-5H3/t9?,10?,12-,13-,14+,16?,18-,19+,20-,21+/m1/s1. The van der Waals surface area contributed by atoms with Gasteiger partial charge < -0.3 is 24.8 Å². The van der Waals surface area contributed by atoms with Crippen molar-refractivity contribution < 1.29 is 34.4 Å². The van der Waals surface area contributed by atoms with Crippen LogP contribution in [-0.2, 0) is 19.1 Å². The third-order valence-corrected chi connectivity index (χ3v) is 8.46. The first-order chi connectivity index (χ1) is 12.9. The van der Waals surface area contributed by atoms with Gasteiger partial charge in [-0.1, -0.05) is 20.8 Å². The van der Waals surface area contributed by atoms with Crippen LogP contribution in [0.25, 0.3) is 0 Å². The highest BCUT2D eigenvalue weighted by Crippen LogP contribution is 2.68. The summed E-state index contributed by atoms with van der Waals surface area (Å²) in [4.78, 5) is 26.9. The molecule has 0 aromatic rings. The summed E-state index contributed by atoms with van der Waals surface area (Å²) >= 11 is 0. The molecule has 3 aliphatic carbocycles. The lowest BCUT2D eigenvalue weighted by Gasteiger charge is -2.68. The number of ketones is 2. The number of aliphatic hydroxyl groups is 3. The fraction of sp³-hybridized carbons (Fsp3) is 0.810. The van der Waals surface area contributed by atoms with E-state index in [1.807, 2.05) is 13.8 Å². The van der Waals surface area contributed by atoms with E-state index in [4.69, 9.17) is 9.47 Å². The van der Waals surface area contributed by atoms with Gasteiger partial charge in [0.25, 0.3) is 0 Å². The first-order valence-electron chi connectivity index (χ1n) is 10.00. The number of aliphatic hydroxyl groups excluding tert-OH is 2. The van der Waals surface area contributed by atoms with Crippen LogP contribution >= 0.6 is 0 Å². The van der Waals surface area contributed by atoms with Crippen LogP contribution in [-0.4, -0.2) is 58.1 Å². The molecule has 28 heavy (non-hydrogen) atoms. The Labute approximate surface area is 164 Å². The summed E-state index contributed by atoms with van der Waals surface area (Å²) in [6.07, 6.45) is -0.847. The van der Waals surface area contributed by atoms with Crippen LogP contribution in [0.3, 0.4) is 0 Å². The molecule has 0 radical (unpaired) electrons. The lowest BCUT2D eigenvalue weighted by molar-refractivity contribution is -0.317. The summed E-state index contributed by atoms with van der Waals surface area (Å²) in [5, 5.41) is 32.2. The lowest BCUT2D eigenvalue weighted by atomic mass is 9.38. The molecule has 4 aliphatic rings.